The molecule has 0 atom stereocenters. The van der Waals surface area contributed by atoms with Gasteiger partial charge in [-0.2, -0.15) is 5.10 Å². The van der Waals surface area contributed by atoms with E-state index in [0.29, 0.717) is 48.2 Å². The lowest BCUT2D eigenvalue weighted by Crippen LogP contribution is -2.26. The fraction of sp³-hybridized carbons (Fsp3) is 0.292. The van der Waals surface area contributed by atoms with Gasteiger partial charge in [0.1, 0.15) is 19.0 Å². The van der Waals surface area contributed by atoms with E-state index in [-0.39, 0.29) is 11.9 Å². The lowest BCUT2D eigenvalue weighted by Gasteiger charge is -2.19. The third kappa shape index (κ3) is 3.57. The summed E-state index contributed by atoms with van der Waals surface area (Å²) in [6.45, 7) is 5.48. The third-order valence-electron chi connectivity index (χ3n) is 5.44. The van der Waals surface area contributed by atoms with Gasteiger partial charge in [-0.05, 0) is 50.2 Å². The van der Waals surface area contributed by atoms with Crippen LogP contribution in [0, 0.1) is 0 Å². The Hall–Kier alpha value is -3.81. The maximum Gasteiger partial charge on any atom is 0.254 e. The Bertz CT molecular complexity index is 1280. The molecule has 0 saturated carbocycles. The van der Waals surface area contributed by atoms with Crippen molar-refractivity contribution in [1.82, 2.24) is 19.7 Å². The first kappa shape index (κ1) is 20.1. The minimum absolute atomic E-state index is 0.0966. The van der Waals surface area contributed by atoms with Gasteiger partial charge in [-0.1, -0.05) is 0 Å². The van der Waals surface area contributed by atoms with Gasteiger partial charge < -0.3 is 18.8 Å². The predicted octanol–water partition coefficient (Wildman–Crippen LogP) is 4.32. The second-order valence-corrected chi connectivity index (χ2v) is 8.07. The molecule has 0 spiro atoms. The molecule has 1 aliphatic heterocycles. The molecular formula is C24H24N4O4. The van der Waals surface area contributed by atoms with Gasteiger partial charge in [-0.3, -0.25) is 4.79 Å². The first-order valence-corrected chi connectivity index (χ1v) is 10.6. The lowest BCUT2D eigenvalue weighted by atomic mass is 10.1. The van der Waals surface area contributed by atoms with Crippen molar-refractivity contribution in [2.24, 2.45) is 0 Å². The van der Waals surface area contributed by atoms with Crippen LogP contribution in [0.2, 0.25) is 0 Å². The number of ether oxygens (including phenoxy) is 2. The van der Waals surface area contributed by atoms with Crippen LogP contribution in [-0.4, -0.2) is 45.8 Å². The molecule has 0 saturated heterocycles. The second kappa shape index (κ2) is 8.03. The molecule has 0 N–H and O–H groups in total. The van der Waals surface area contributed by atoms with Gasteiger partial charge in [-0.25, -0.2) is 9.67 Å². The van der Waals surface area contributed by atoms with Gasteiger partial charge in [-0.15, -0.1) is 0 Å². The number of carbonyl (C=O) groups is 1. The molecule has 1 amide bonds. The molecule has 32 heavy (non-hydrogen) atoms. The summed E-state index contributed by atoms with van der Waals surface area (Å²) in [6, 6.07) is 11.3. The lowest BCUT2D eigenvalue weighted by molar-refractivity contribution is 0.0777. The highest BCUT2D eigenvalue weighted by Gasteiger charge is 2.22. The summed E-state index contributed by atoms with van der Waals surface area (Å²) in [7, 11) is 1.76. The van der Waals surface area contributed by atoms with Crippen molar-refractivity contribution in [1.29, 1.82) is 0 Å². The molecule has 164 valence electrons. The van der Waals surface area contributed by atoms with Crippen LogP contribution < -0.4 is 9.47 Å². The number of pyridine rings is 1. The minimum atomic E-state index is -0.129. The number of amides is 1. The van der Waals surface area contributed by atoms with E-state index in [1.54, 1.807) is 24.4 Å². The van der Waals surface area contributed by atoms with Crippen LogP contribution in [0.4, 0.5) is 0 Å². The second-order valence-electron chi connectivity index (χ2n) is 8.07. The fourth-order valence-corrected chi connectivity index (χ4v) is 3.84. The van der Waals surface area contributed by atoms with E-state index in [2.05, 4.69) is 5.10 Å². The summed E-state index contributed by atoms with van der Waals surface area (Å²) >= 11 is 0. The average Bonchev–Trinajstić information content (AvgIpc) is 3.47. The van der Waals surface area contributed by atoms with Crippen LogP contribution >= 0.6 is 0 Å². The Morgan fingerprint density at radius 2 is 1.97 bits per heavy atom. The fourth-order valence-electron chi connectivity index (χ4n) is 3.84. The van der Waals surface area contributed by atoms with E-state index in [0.717, 1.165) is 16.7 Å². The molecule has 0 radical (unpaired) electrons. The van der Waals surface area contributed by atoms with Crippen molar-refractivity contribution in [2.45, 2.75) is 26.4 Å². The van der Waals surface area contributed by atoms with Crippen molar-refractivity contribution in [3.05, 3.63) is 60.2 Å². The summed E-state index contributed by atoms with van der Waals surface area (Å²) < 4.78 is 18.6. The molecule has 4 heterocycles. The van der Waals surface area contributed by atoms with Crippen molar-refractivity contribution >= 4 is 16.9 Å². The molecule has 3 aromatic heterocycles. The molecule has 1 aromatic carbocycles. The third-order valence-corrected chi connectivity index (χ3v) is 5.44. The maximum atomic E-state index is 13.5. The number of hydrogen-bond donors (Lipinski definition) is 0. The van der Waals surface area contributed by atoms with E-state index >= 15 is 0 Å². The van der Waals surface area contributed by atoms with Crippen molar-refractivity contribution in [3.8, 4) is 22.8 Å². The van der Waals surface area contributed by atoms with Crippen molar-refractivity contribution < 1.29 is 18.7 Å². The van der Waals surface area contributed by atoms with Crippen LogP contribution in [0.1, 0.15) is 36.0 Å². The van der Waals surface area contributed by atoms with Gasteiger partial charge in [0.15, 0.2) is 17.1 Å². The summed E-state index contributed by atoms with van der Waals surface area (Å²) in [5.74, 6) is 1.98. The van der Waals surface area contributed by atoms with Crippen LogP contribution in [0.25, 0.3) is 22.3 Å². The number of aromatic nitrogens is 3. The number of furan rings is 1. The summed E-state index contributed by atoms with van der Waals surface area (Å²) in [5.41, 5.74) is 2.73. The van der Waals surface area contributed by atoms with Crippen LogP contribution in [0.5, 0.6) is 11.5 Å². The van der Waals surface area contributed by atoms with E-state index in [1.165, 1.54) is 0 Å². The Morgan fingerprint density at radius 3 is 2.72 bits per heavy atom. The van der Waals surface area contributed by atoms with E-state index < -0.39 is 0 Å². The zero-order valence-corrected chi connectivity index (χ0v) is 18.2. The monoisotopic (exact) mass is 432 g/mol. The molecule has 5 rings (SSSR count). The predicted molar refractivity (Wildman–Crippen MR) is 119 cm³/mol. The Labute approximate surface area is 185 Å². The largest absolute Gasteiger partial charge is 0.486 e. The molecule has 0 fully saturated rings. The van der Waals surface area contributed by atoms with Gasteiger partial charge in [0.25, 0.3) is 5.91 Å². The van der Waals surface area contributed by atoms with Crippen molar-refractivity contribution in [2.75, 3.05) is 20.3 Å². The Balaban J connectivity index is 1.61. The van der Waals surface area contributed by atoms with E-state index in [1.807, 2.05) is 54.9 Å². The molecule has 0 aliphatic carbocycles. The SMILES string of the molecule is CC(C)n1ncc2c(C(=O)N(C)Cc3ccco3)cc(-c3ccc4c(c3)OCCO4)nc21. The highest BCUT2D eigenvalue weighted by Crippen LogP contribution is 2.35. The number of benzene rings is 1. The highest BCUT2D eigenvalue weighted by atomic mass is 16.6. The molecular weight excluding hydrogens is 408 g/mol. The molecule has 8 heteroatoms. The van der Waals surface area contributed by atoms with E-state index in [9.17, 15) is 4.79 Å². The van der Waals surface area contributed by atoms with Gasteiger partial charge in [0.2, 0.25) is 0 Å². The van der Waals surface area contributed by atoms with Gasteiger partial charge in [0.05, 0.1) is 35.6 Å². The molecule has 4 aromatic rings. The smallest absolute Gasteiger partial charge is 0.254 e. The average molecular weight is 432 g/mol. The molecule has 0 bridgehead atoms. The Morgan fingerprint density at radius 1 is 1.16 bits per heavy atom. The highest BCUT2D eigenvalue weighted by molar-refractivity contribution is 6.06. The molecule has 0 unspecified atom stereocenters. The van der Waals surface area contributed by atoms with Crippen LogP contribution in [0.3, 0.4) is 0 Å². The zero-order valence-electron chi connectivity index (χ0n) is 18.2. The molecule has 8 nitrogen and oxygen atoms in total. The maximum absolute atomic E-state index is 13.5. The summed E-state index contributed by atoms with van der Waals surface area (Å²) in [6.07, 6.45) is 3.31. The number of hydrogen-bond acceptors (Lipinski definition) is 6. The quantitative estimate of drug-likeness (QED) is 0.467. The molecule has 1 aliphatic rings. The van der Waals surface area contributed by atoms with Crippen LogP contribution in [-0.2, 0) is 6.54 Å². The normalized spacial score (nSPS) is 13.0. The Kier molecular flexibility index (Phi) is 5.05. The number of carbonyl (C=O) groups excluding carboxylic acids is 1. The van der Waals surface area contributed by atoms with Crippen LogP contribution in [0.15, 0.2) is 53.3 Å². The van der Waals surface area contributed by atoms with E-state index in [4.69, 9.17) is 18.9 Å². The zero-order chi connectivity index (χ0) is 22.2. The summed E-state index contributed by atoms with van der Waals surface area (Å²) in [5, 5.41) is 5.22. The number of fused-ring (bicyclic) bond motifs is 2. The minimum Gasteiger partial charge on any atom is -0.486 e. The first-order valence-electron chi connectivity index (χ1n) is 10.6. The van der Waals surface area contributed by atoms with Gasteiger partial charge >= 0.3 is 0 Å². The van der Waals surface area contributed by atoms with Gasteiger partial charge in [0, 0.05) is 18.7 Å². The van der Waals surface area contributed by atoms with Crippen molar-refractivity contribution in [3.63, 3.8) is 0 Å². The number of rotatable bonds is 5. The topological polar surface area (TPSA) is 82.6 Å². The standard InChI is InChI=1S/C24H24N4O4/c1-15(2)28-23-19(13-25-28)18(24(29)27(3)14-17-5-4-8-30-17)12-20(26-23)16-6-7-21-22(11-16)32-10-9-31-21/h4-8,11-13,15H,9-10,14H2,1-3H3. The summed E-state index contributed by atoms with van der Waals surface area (Å²) in [4.78, 5) is 20.0. The number of nitrogens with zero attached hydrogens (tertiary/aromatic N) is 4. The first-order chi connectivity index (χ1) is 15.5.